The van der Waals surface area contributed by atoms with Crippen LogP contribution < -0.4 is 0 Å². The molecule has 1 aliphatic carbocycles. The number of rotatable bonds is 2. The molecule has 1 heterocycles. The summed E-state index contributed by atoms with van der Waals surface area (Å²) >= 11 is 0. The van der Waals surface area contributed by atoms with Crippen LogP contribution in [-0.4, -0.2) is 41.9 Å². The van der Waals surface area contributed by atoms with E-state index in [2.05, 4.69) is 0 Å². The summed E-state index contributed by atoms with van der Waals surface area (Å²) in [6.45, 7) is 1.19. The molecule has 74 valence electrons. The van der Waals surface area contributed by atoms with E-state index in [4.69, 9.17) is 9.84 Å². The second-order valence-electron chi connectivity index (χ2n) is 3.78. The van der Waals surface area contributed by atoms with E-state index in [0.717, 1.165) is 25.8 Å². The maximum absolute atomic E-state index is 11.3. The summed E-state index contributed by atoms with van der Waals surface area (Å²) in [6.07, 6.45) is 3.23. The molecular formula is C9H15NO3. The zero-order chi connectivity index (χ0) is 9.26. The quantitative estimate of drug-likeness (QED) is 0.685. The van der Waals surface area contributed by atoms with Crippen molar-refractivity contribution in [2.45, 2.75) is 25.4 Å². The van der Waals surface area contributed by atoms with Crippen LogP contribution in [0.15, 0.2) is 0 Å². The molecule has 0 spiro atoms. The average Bonchev–Trinajstić information content (AvgIpc) is 2.52. The number of carbonyl (C=O) groups is 1. The van der Waals surface area contributed by atoms with Crippen molar-refractivity contribution in [1.29, 1.82) is 0 Å². The zero-order valence-corrected chi connectivity index (χ0v) is 7.61. The molecule has 4 nitrogen and oxygen atoms in total. The molecule has 1 saturated carbocycles. The summed E-state index contributed by atoms with van der Waals surface area (Å²) in [5, 5.41) is 8.73. The van der Waals surface area contributed by atoms with Gasteiger partial charge in [0, 0.05) is 19.0 Å². The first-order chi connectivity index (χ1) is 6.31. The Balaban J connectivity index is 1.97. The molecule has 0 bridgehead atoms. The third kappa shape index (κ3) is 1.63. The maximum Gasteiger partial charge on any atom is 0.410 e. The third-order valence-corrected chi connectivity index (χ3v) is 2.92. The van der Waals surface area contributed by atoms with Gasteiger partial charge in [0.2, 0.25) is 0 Å². The van der Waals surface area contributed by atoms with Gasteiger partial charge in [-0.1, -0.05) is 0 Å². The van der Waals surface area contributed by atoms with Crippen molar-refractivity contribution in [3.63, 3.8) is 0 Å². The van der Waals surface area contributed by atoms with Gasteiger partial charge < -0.3 is 14.7 Å². The lowest BCUT2D eigenvalue weighted by atomic mass is 10.0. The summed E-state index contributed by atoms with van der Waals surface area (Å²) in [7, 11) is 0. The minimum atomic E-state index is -0.253. The number of carbonyl (C=O) groups excluding carboxylic acids is 1. The Bertz CT molecular complexity index is 207. The van der Waals surface area contributed by atoms with Gasteiger partial charge in [0.1, 0.15) is 6.10 Å². The highest BCUT2D eigenvalue weighted by molar-refractivity contribution is 5.68. The van der Waals surface area contributed by atoms with Crippen LogP contribution >= 0.6 is 0 Å². The van der Waals surface area contributed by atoms with Gasteiger partial charge in [-0.05, 0) is 19.3 Å². The van der Waals surface area contributed by atoms with E-state index in [0.29, 0.717) is 12.5 Å². The van der Waals surface area contributed by atoms with Crippen molar-refractivity contribution in [3.05, 3.63) is 0 Å². The van der Waals surface area contributed by atoms with Gasteiger partial charge in [0.25, 0.3) is 0 Å². The molecule has 4 heteroatoms. The van der Waals surface area contributed by atoms with Crippen molar-refractivity contribution in [3.8, 4) is 0 Å². The van der Waals surface area contributed by atoms with E-state index >= 15 is 0 Å². The van der Waals surface area contributed by atoms with E-state index in [1.807, 2.05) is 0 Å². The van der Waals surface area contributed by atoms with Gasteiger partial charge in [-0.3, -0.25) is 0 Å². The molecule has 2 fully saturated rings. The summed E-state index contributed by atoms with van der Waals surface area (Å²) in [4.78, 5) is 12.9. The third-order valence-electron chi connectivity index (χ3n) is 2.92. The molecule has 2 aliphatic rings. The second kappa shape index (κ2) is 3.54. The minimum absolute atomic E-state index is 0.0203. The first kappa shape index (κ1) is 8.81. The van der Waals surface area contributed by atoms with Crippen LogP contribution in [0.25, 0.3) is 0 Å². The number of amides is 1. The lowest BCUT2D eigenvalue weighted by Crippen LogP contribution is -2.47. The van der Waals surface area contributed by atoms with Crippen LogP contribution in [0, 0.1) is 5.92 Å². The van der Waals surface area contributed by atoms with E-state index in [9.17, 15) is 4.79 Å². The van der Waals surface area contributed by atoms with Gasteiger partial charge in [-0.25, -0.2) is 4.79 Å². The number of aliphatic hydroxyl groups is 1. The van der Waals surface area contributed by atoms with Crippen molar-refractivity contribution < 1.29 is 14.6 Å². The van der Waals surface area contributed by atoms with Crippen LogP contribution in [0.2, 0.25) is 0 Å². The standard InChI is InChI=1S/C9H15NO3/c11-5-4-10-6-7-2-1-3-8(7)13-9(10)12/h7-8,11H,1-6H2. The van der Waals surface area contributed by atoms with Gasteiger partial charge in [0.05, 0.1) is 6.61 Å². The van der Waals surface area contributed by atoms with Gasteiger partial charge >= 0.3 is 6.09 Å². The molecule has 0 aromatic carbocycles. The molecule has 2 rings (SSSR count). The molecule has 0 radical (unpaired) electrons. The predicted molar refractivity (Wildman–Crippen MR) is 46.3 cm³/mol. The van der Waals surface area contributed by atoms with E-state index < -0.39 is 0 Å². The van der Waals surface area contributed by atoms with Crippen LogP contribution in [0.1, 0.15) is 19.3 Å². The van der Waals surface area contributed by atoms with E-state index in [1.165, 1.54) is 0 Å². The SMILES string of the molecule is O=C1OC2CCCC2CN1CCO. The topological polar surface area (TPSA) is 49.8 Å². The van der Waals surface area contributed by atoms with Crippen molar-refractivity contribution in [1.82, 2.24) is 4.90 Å². The molecule has 1 N–H and O–H groups in total. The van der Waals surface area contributed by atoms with E-state index in [-0.39, 0.29) is 18.8 Å². The fourth-order valence-electron chi connectivity index (χ4n) is 2.23. The average molecular weight is 185 g/mol. The second-order valence-corrected chi connectivity index (χ2v) is 3.78. The number of β-amino-alcohol motifs (C(OH)–C–C–N with tert-alkyl or cyclic N) is 1. The number of aliphatic hydroxyl groups excluding tert-OH is 1. The Morgan fingerprint density at radius 1 is 1.54 bits per heavy atom. The number of hydrogen-bond donors (Lipinski definition) is 1. The first-order valence-corrected chi connectivity index (χ1v) is 4.87. The highest BCUT2D eigenvalue weighted by atomic mass is 16.6. The lowest BCUT2D eigenvalue weighted by molar-refractivity contribution is -0.00203. The summed E-state index contributed by atoms with van der Waals surface area (Å²) < 4.78 is 5.25. The Kier molecular flexibility index (Phi) is 2.40. The Hall–Kier alpha value is -0.770. The van der Waals surface area contributed by atoms with Crippen LogP contribution in [0.4, 0.5) is 4.79 Å². The number of fused-ring (bicyclic) bond motifs is 1. The summed E-state index contributed by atoms with van der Waals surface area (Å²) in [5.41, 5.74) is 0. The van der Waals surface area contributed by atoms with Crippen LogP contribution in [0.3, 0.4) is 0 Å². The Labute approximate surface area is 77.5 Å². The highest BCUT2D eigenvalue weighted by Crippen LogP contribution is 2.32. The fourth-order valence-corrected chi connectivity index (χ4v) is 2.23. The van der Waals surface area contributed by atoms with Gasteiger partial charge in [0.15, 0.2) is 0 Å². The lowest BCUT2D eigenvalue weighted by Gasteiger charge is -2.34. The molecule has 1 saturated heterocycles. The molecule has 0 aromatic rings. The van der Waals surface area contributed by atoms with Crippen molar-refractivity contribution in [2.24, 2.45) is 5.92 Å². The number of nitrogens with zero attached hydrogens (tertiary/aromatic N) is 1. The zero-order valence-electron chi connectivity index (χ0n) is 7.61. The number of hydrogen-bond acceptors (Lipinski definition) is 3. The van der Waals surface area contributed by atoms with Gasteiger partial charge in [-0.15, -0.1) is 0 Å². The molecular weight excluding hydrogens is 170 g/mol. The molecule has 1 amide bonds. The molecule has 13 heavy (non-hydrogen) atoms. The fraction of sp³-hybridized carbons (Fsp3) is 0.889. The predicted octanol–water partition coefficient (Wildman–Crippen LogP) is 0.600. The summed E-state index contributed by atoms with van der Waals surface area (Å²) in [6, 6.07) is 0. The van der Waals surface area contributed by atoms with Crippen molar-refractivity contribution >= 4 is 6.09 Å². The smallest absolute Gasteiger partial charge is 0.410 e. The largest absolute Gasteiger partial charge is 0.446 e. The normalized spacial score (nSPS) is 33.0. The Morgan fingerprint density at radius 3 is 3.15 bits per heavy atom. The minimum Gasteiger partial charge on any atom is -0.446 e. The summed E-state index contributed by atoms with van der Waals surface area (Å²) in [5.74, 6) is 0.504. The highest BCUT2D eigenvalue weighted by Gasteiger charge is 2.38. The van der Waals surface area contributed by atoms with E-state index in [1.54, 1.807) is 4.90 Å². The monoisotopic (exact) mass is 185 g/mol. The van der Waals surface area contributed by atoms with Crippen molar-refractivity contribution in [2.75, 3.05) is 19.7 Å². The Morgan fingerprint density at radius 2 is 2.38 bits per heavy atom. The molecule has 2 unspecified atom stereocenters. The molecule has 0 aromatic heterocycles. The maximum atomic E-state index is 11.3. The van der Waals surface area contributed by atoms with Crippen LogP contribution in [-0.2, 0) is 4.74 Å². The number of ether oxygens (including phenoxy) is 1. The molecule has 1 aliphatic heterocycles. The molecule has 2 atom stereocenters. The first-order valence-electron chi connectivity index (χ1n) is 4.87. The van der Waals surface area contributed by atoms with Gasteiger partial charge in [-0.2, -0.15) is 0 Å². The van der Waals surface area contributed by atoms with Crippen LogP contribution in [0.5, 0.6) is 0 Å².